The molecule has 0 unspecified atom stereocenters. The molecule has 9 rings (SSSR count). The van der Waals surface area contributed by atoms with Gasteiger partial charge in [0.15, 0.2) is 0 Å². The number of rotatable bonds is 1. The predicted molar refractivity (Wildman–Crippen MR) is 205 cm³/mol. The Morgan fingerprint density at radius 2 is 0.938 bits per heavy atom. The summed E-state index contributed by atoms with van der Waals surface area (Å²) < 4.78 is 0. The lowest BCUT2D eigenvalue weighted by molar-refractivity contribution is 0.584. The third kappa shape index (κ3) is 3.79. The van der Waals surface area contributed by atoms with E-state index in [1.165, 1.54) is 89.0 Å². The van der Waals surface area contributed by atoms with Gasteiger partial charge in [0.25, 0.3) is 0 Å². The SMILES string of the molecule is CC(C)(C)c1ccc2c(c1)C(C)(C)c1cc3c(cc1-2)C(C)(C)c1cc2ccccc2cc1N3c1ccc2c(c1)C(C)(C)c1ccccc1-2. The third-order valence-electron chi connectivity index (χ3n) is 12.2. The fourth-order valence-corrected chi connectivity index (χ4v) is 9.22. The first-order valence-electron chi connectivity index (χ1n) is 17.6. The van der Waals surface area contributed by atoms with Crippen LogP contribution in [-0.4, -0.2) is 0 Å². The number of hydrogen-bond acceptors (Lipinski definition) is 1. The van der Waals surface area contributed by atoms with Crippen LogP contribution in [0.3, 0.4) is 0 Å². The number of nitrogens with zero attached hydrogens (tertiary/aromatic N) is 1. The molecule has 3 aliphatic rings. The van der Waals surface area contributed by atoms with Gasteiger partial charge in [-0.3, -0.25) is 0 Å². The van der Waals surface area contributed by atoms with Gasteiger partial charge in [0.1, 0.15) is 0 Å². The molecule has 0 amide bonds. The fourth-order valence-electron chi connectivity index (χ4n) is 9.22. The van der Waals surface area contributed by atoms with Gasteiger partial charge in [-0.15, -0.1) is 0 Å². The zero-order chi connectivity index (χ0) is 33.5. The van der Waals surface area contributed by atoms with E-state index < -0.39 is 0 Å². The normalized spacial score (nSPS) is 17.3. The Morgan fingerprint density at radius 3 is 1.69 bits per heavy atom. The van der Waals surface area contributed by atoms with Crippen molar-refractivity contribution < 1.29 is 0 Å². The highest BCUT2D eigenvalue weighted by Crippen LogP contribution is 2.59. The molecule has 1 heteroatoms. The molecule has 0 spiro atoms. The summed E-state index contributed by atoms with van der Waals surface area (Å²) in [5.41, 5.74) is 18.9. The molecule has 238 valence electrons. The van der Waals surface area contributed by atoms with Crippen LogP contribution in [0.1, 0.15) is 101 Å². The van der Waals surface area contributed by atoms with E-state index in [4.69, 9.17) is 0 Å². The highest BCUT2D eigenvalue weighted by molar-refractivity contribution is 5.97. The van der Waals surface area contributed by atoms with Crippen molar-refractivity contribution in [2.75, 3.05) is 4.90 Å². The van der Waals surface area contributed by atoms with Crippen LogP contribution in [-0.2, 0) is 21.7 Å². The molecule has 0 bridgehead atoms. The Bertz CT molecular complexity index is 2360. The Labute approximate surface area is 286 Å². The molecule has 0 aromatic heterocycles. The van der Waals surface area contributed by atoms with Gasteiger partial charge in [-0.05, 0) is 114 Å². The van der Waals surface area contributed by atoms with Crippen molar-refractivity contribution >= 4 is 27.8 Å². The van der Waals surface area contributed by atoms with Crippen LogP contribution < -0.4 is 4.90 Å². The molecule has 48 heavy (non-hydrogen) atoms. The van der Waals surface area contributed by atoms with Crippen LogP contribution in [0.2, 0.25) is 0 Å². The lowest BCUT2D eigenvalue weighted by atomic mass is 9.71. The van der Waals surface area contributed by atoms with E-state index in [0.29, 0.717) is 0 Å². The van der Waals surface area contributed by atoms with Gasteiger partial charge in [-0.25, -0.2) is 0 Å². The van der Waals surface area contributed by atoms with Crippen LogP contribution in [0.15, 0.2) is 109 Å². The van der Waals surface area contributed by atoms with Crippen molar-refractivity contribution in [2.24, 2.45) is 0 Å². The molecule has 0 saturated heterocycles. The van der Waals surface area contributed by atoms with Gasteiger partial charge in [0.05, 0.1) is 11.4 Å². The van der Waals surface area contributed by atoms with Crippen molar-refractivity contribution in [2.45, 2.75) is 84.0 Å². The second kappa shape index (κ2) is 9.29. The summed E-state index contributed by atoms with van der Waals surface area (Å²) in [7, 11) is 0. The first-order chi connectivity index (χ1) is 22.7. The predicted octanol–water partition coefficient (Wildman–Crippen LogP) is 12.9. The summed E-state index contributed by atoms with van der Waals surface area (Å²) in [6.07, 6.45) is 0. The third-order valence-corrected chi connectivity index (χ3v) is 12.2. The highest BCUT2D eigenvalue weighted by atomic mass is 15.2. The van der Waals surface area contributed by atoms with Gasteiger partial charge in [-0.2, -0.15) is 0 Å². The summed E-state index contributed by atoms with van der Waals surface area (Å²) in [6.45, 7) is 21.4. The van der Waals surface area contributed by atoms with E-state index in [2.05, 4.69) is 176 Å². The second-order valence-corrected chi connectivity index (χ2v) is 17.1. The molecule has 0 saturated carbocycles. The van der Waals surface area contributed by atoms with Crippen molar-refractivity contribution in [1.29, 1.82) is 0 Å². The smallest absolute Gasteiger partial charge is 0.0509 e. The minimum Gasteiger partial charge on any atom is -0.310 e. The van der Waals surface area contributed by atoms with Gasteiger partial charge in [0, 0.05) is 21.9 Å². The number of hydrogen-bond donors (Lipinski definition) is 0. The van der Waals surface area contributed by atoms with E-state index in [1.807, 2.05) is 0 Å². The molecule has 1 aliphatic heterocycles. The Balaban J connectivity index is 1.32. The summed E-state index contributed by atoms with van der Waals surface area (Å²) in [5, 5.41) is 2.57. The van der Waals surface area contributed by atoms with Gasteiger partial charge >= 0.3 is 0 Å². The maximum atomic E-state index is 2.58. The Hall–Kier alpha value is -4.62. The molecule has 0 fully saturated rings. The molecule has 2 aliphatic carbocycles. The van der Waals surface area contributed by atoms with Crippen LogP contribution >= 0.6 is 0 Å². The van der Waals surface area contributed by atoms with Crippen molar-refractivity contribution in [3.63, 3.8) is 0 Å². The number of benzene rings is 6. The topological polar surface area (TPSA) is 3.24 Å². The van der Waals surface area contributed by atoms with Gasteiger partial charge < -0.3 is 4.90 Å². The molecular formula is C47H45N. The molecule has 1 nitrogen and oxygen atoms in total. The highest BCUT2D eigenvalue weighted by Gasteiger charge is 2.43. The van der Waals surface area contributed by atoms with Crippen molar-refractivity contribution in [3.8, 4) is 22.3 Å². The average molecular weight is 624 g/mol. The zero-order valence-electron chi connectivity index (χ0n) is 29.8. The summed E-state index contributed by atoms with van der Waals surface area (Å²) in [6, 6.07) is 42.2. The first-order valence-corrected chi connectivity index (χ1v) is 17.6. The van der Waals surface area contributed by atoms with E-state index >= 15 is 0 Å². The Kier molecular flexibility index (Phi) is 5.71. The first kappa shape index (κ1) is 29.5. The van der Waals surface area contributed by atoms with Crippen molar-refractivity contribution in [3.05, 3.63) is 148 Å². The molecule has 0 N–H and O–H groups in total. The standard InChI is InChI=1S/C47H45N/c1-44(2,3)30-18-20-34-35-26-41-43(27-39(35)46(6,7)37(34)24-30)48(42-23-29-15-11-10-14-28(29)22-40(42)47(41,8)9)31-19-21-33-32-16-12-13-17-36(32)45(4,5)38(33)25-31/h10-27H,1-9H3. The maximum absolute atomic E-state index is 2.58. The maximum Gasteiger partial charge on any atom is 0.0509 e. The monoisotopic (exact) mass is 623 g/mol. The lowest BCUT2D eigenvalue weighted by Gasteiger charge is -2.43. The fraction of sp³-hybridized carbons (Fsp3) is 0.277. The molecular weight excluding hydrogens is 579 g/mol. The van der Waals surface area contributed by atoms with E-state index in [9.17, 15) is 0 Å². The van der Waals surface area contributed by atoms with E-state index in [1.54, 1.807) is 0 Å². The van der Waals surface area contributed by atoms with Gasteiger partial charge in [0.2, 0.25) is 0 Å². The minimum absolute atomic E-state index is 0.0711. The summed E-state index contributed by atoms with van der Waals surface area (Å²) in [4.78, 5) is 2.58. The quantitative estimate of drug-likeness (QED) is 0.176. The summed E-state index contributed by atoms with van der Waals surface area (Å²) in [5.74, 6) is 0. The number of anilines is 3. The van der Waals surface area contributed by atoms with Crippen LogP contribution in [0.25, 0.3) is 33.0 Å². The molecule has 0 radical (unpaired) electrons. The van der Waals surface area contributed by atoms with E-state index in [0.717, 1.165) is 0 Å². The minimum atomic E-state index is -0.190. The van der Waals surface area contributed by atoms with Crippen molar-refractivity contribution in [1.82, 2.24) is 0 Å². The molecule has 1 heterocycles. The van der Waals surface area contributed by atoms with Crippen LogP contribution in [0.4, 0.5) is 17.1 Å². The second-order valence-electron chi connectivity index (χ2n) is 17.1. The average Bonchev–Trinajstić information content (AvgIpc) is 3.42. The van der Waals surface area contributed by atoms with E-state index in [-0.39, 0.29) is 21.7 Å². The molecule has 0 atom stereocenters. The van der Waals surface area contributed by atoms with Crippen LogP contribution in [0, 0.1) is 0 Å². The summed E-state index contributed by atoms with van der Waals surface area (Å²) >= 11 is 0. The van der Waals surface area contributed by atoms with Crippen LogP contribution in [0.5, 0.6) is 0 Å². The largest absolute Gasteiger partial charge is 0.310 e. The molecule has 6 aromatic carbocycles. The Morgan fingerprint density at radius 1 is 0.417 bits per heavy atom. The van der Waals surface area contributed by atoms with Gasteiger partial charge in [-0.1, -0.05) is 135 Å². The molecule has 6 aromatic rings. The lowest BCUT2D eigenvalue weighted by Crippen LogP contribution is -2.31. The number of fused-ring (bicyclic) bond motifs is 9. The zero-order valence-corrected chi connectivity index (χ0v) is 29.8.